The molecule has 1 atom stereocenters. The van der Waals surface area contributed by atoms with Crippen molar-refractivity contribution in [3.05, 3.63) is 59.7 Å². The van der Waals surface area contributed by atoms with Crippen molar-refractivity contribution >= 4 is 5.97 Å². The highest BCUT2D eigenvalue weighted by molar-refractivity contribution is 5.87. The molecule has 1 N–H and O–H groups in total. The van der Waals surface area contributed by atoms with E-state index in [1.165, 1.54) is 0 Å². The molecule has 0 bridgehead atoms. The summed E-state index contributed by atoms with van der Waals surface area (Å²) in [6.45, 7) is 2.85. The highest BCUT2D eigenvalue weighted by atomic mass is 16.4. The molecule has 114 valence electrons. The van der Waals surface area contributed by atoms with Crippen LogP contribution in [0.5, 0.6) is 0 Å². The van der Waals surface area contributed by atoms with E-state index >= 15 is 0 Å². The number of nitrogens with zero attached hydrogens (tertiary/aromatic N) is 3. The summed E-state index contributed by atoms with van der Waals surface area (Å²) in [4.78, 5) is 21.6. The Hall–Kier alpha value is -2.27. The van der Waals surface area contributed by atoms with Crippen molar-refractivity contribution in [1.29, 1.82) is 0 Å². The summed E-state index contributed by atoms with van der Waals surface area (Å²) in [6, 6.07) is 7.32. The van der Waals surface area contributed by atoms with Crippen molar-refractivity contribution in [2.24, 2.45) is 0 Å². The first-order valence-corrected chi connectivity index (χ1v) is 7.52. The van der Waals surface area contributed by atoms with Crippen LogP contribution in [0, 0.1) is 0 Å². The van der Waals surface area contributed by atoms with Gasteiger partial charge in [-0.05, 0) is 43.0 Å². The van der Waals surface area contributed by atoms with E-state index < -0.39 is 5.97 Å². The third kappa shape index (κ3) is 3.49. The summed E-state index contributed by atoms with van der Waals surface area (Å²) in [6.07, 6.45) is 7.46. The summed E-state index contributed by atoms with van der Waals surface area (Å²) in [5.74, 6) is -0.478. The Bertz CT molecular complexity index is 645. The van der Waals surface area contributed by atoms with Crippen LogP contribution in [0.25, 0.3) is 0 Å². The molecule has 0 aliphatic carbocycles. The van der Waals surface area contributed by atoms with E-state index in [1.807, 2.05) is 30.6 Å². The maximum atomic E-state index is 11.1. The number of rotatable bonds is 4. The minimum atomic E-state index is -0.865. The molecule has 2 heterocycles. The van der Waals surface area contributed by atoms with Gasteiger partial charge in [-0.1, -0.05) is 12.1 Å². The van der Waals surface area contributed by atoms with Gasteiger partial charge in [-0.2, -0.15) is 0 Å². The smallest absolute Gasteiger partial charge is 0.335 e. The number of piperidine rings is 1. The molecule has 1 aliphatic rings. The van der Waals surface area contributed by atoms with E-state index in [4.69, 9.17) is 5.11 Å². The minimum absolute atomic E-state index is 0.367. The lowest BCUT2D eigenvalue weighted by molar-refractivity contribution is 0.0696. The van der Waals surface area contributed by atoms with Gasteiger partial charge in [0.05, 0.1) is 5.56 Å². The average molecular weight is 297 g/mol. The fraction of sp³-hybridized carbons (Fsp3) is 0.353. The molecule has 0 saturated carbocycles. The molecule has 3 rings (SSSR count). The summed E-state index contributed by atoms with van der Waals surface area (Å²) in [5.41, 5.74) is 2.60. The number of hydrogen-bond acceptors (Lipinski definition) is 4. The molecule has 5 heteroatoms. The predicted molar refractivity (Wildman–Crippen MR) is 82.7 cm³/mol. The summed E-state index contributed by atoms with van der Waals surface area (Å²) in [5, 5.41) is 9.13. The predicted octanol–water partition coefficient (Wildman–Crippen LogP) is 2.55. The number of benzene rings is 1. The van der Waals surface area contributed by atoms with E-state index in [0.717, 1.165) is 43.6 Å². The first kappa shape index (κ1) is 14.7. The third-order valence-electron chi connectivity index (χ3n) is 4.13. The average Bonchev–Trinajstić information content (AvgIpc) is 2.56. The van der Waals surface area contributed by atoms with Gasteiger partial charge in [0.1, 0.15) is 6.33 Å². The van der Waals surface area contributed by atoms with Gasteiger partial charge in [0.15, 0.2) is 0 Å². The lowest BCUT2D eigenvalue weighted by atomic mass is 9.89. The first-order chi connectivity index (χ1) is 10.7. The molecule has 1 fully saturated rings. The highest BCUT2D eigenvalue weighted by Gasteiger charge is 2.22. The number of likely N-dealkylation sites (tertiary alicyclic amines) is 1. The van der Waals surface area contributed by atoms with E-state index in [0.29, 0.717) is 11.5 Å². The van der Waals surface area contributed by atoms with Crippen LogP contribution in [0.3, 0.4) is 0 Å². The monoisotopic (exact) mass is 297 g/mol. The Morgan fingerprint density at radius 2 is 2.14 bits per heavy atom. The molecule has 22 heavy (non-hydrogen) atoms. The van der Waals surface area contributed by atoms with Crippen LogP contribution < -0.4 is 0 Å². The molecule has 1 aromatic heterocycles. The maximum absolute atomic E-state index is 11.1. The lowest BCUT2D eigenvalue weighted by Crippen LogP contribution is -2.34. The van der Waals surface area contributed by atoms with Gasteiger partial charge in [0.25, 0.3) is 0 Å². The number of aromatic nitrogens is 2. The Kier molecular flexibility index (Phi) is 4.44. The number of hydrogen-bond donors (Lipinski definition) is 1. The normalized spacial score (nSPS) is 19.0. The van der Waals surface area contributed by atoms with Crippen LogP contribution in [-0.2, 0) is 6.54 Å². The van der Waals surface area contributed by atoms with Gasteiger partial charge in [0, 0.05) is 31.0 Å². The third-order valence-corrected chi connectivity index (χ3v) is 4.13. The fourth-order valence-corrected chi connectivity index (χ4v) is 3.07. The quantitative estimate of drug-likeness (QED) is 0.939. The van der Waals surface area contributed by atoms with Crippen LogP contribution >= 0.6 is 0 Å². The van der Waals surface area contributed by atoms with E-state index in [1.54, 1.807) is 12.4 Å². The second kappa shape index (κ2) is 6.66. The van der Waals surface area contributed by atoms with E-state index in [-0.39, 0.29) is 0 Å². The van der Waals surface area contributed by atoms with Gasteiger partial charge < -0.3 is 5.11 Å². The largest absolute Gasteiger partial charge is 0.478 e. The highest BCUT2D eigenvalue weighted by Crippen LogP contribution is 2.28. The van der Waals surface area contributed by atoms with Crippen LogP contribution in [0.15, 0.2) is 43.0 Å². The van der Waals surface area contributed by atoms with Crippen molar-refractivity contribution in [3.63, 3.8) is 0 Å². The van der Waals surface area contributed by atoms with Gasteiger partial charge in [-0.15, -0.1) is 0 Å². The molecule has 0 unspecified atom stereocenters. The molecular formula is C17H19N3O2. The molecule has 1 aliphatic heterocycles. The number of carboxylic acid groups (broad SMARTS) is 1. The lowest BCUT2D eigenvalue weighted by Gasteiger charge is -2.33. The molecule has 1 aromatic carbocycles. The maximum Gasteiger partial charge on any atom is 0.335 e. The molecule has 1 saturated heterocycles. The number of carbonyl (C=O) groups is 1. The van der Waals surface area contributed by atoms with Gasteiger partial charge in [0.2, 0.25) is 0 Å². The van der Waals surface area contributed by atoms with Crippen molar-refractivity contribution in [2.45, 2.75) is 25.3 Å². The van der Waals surface area contributed by atoms with Crippen molar-refractivity contribution in [3.8, 4) is 0 Å². The Morgan fingerprint density at radius 1 is 1.32 bits per heavy atom. The Morgan fingerprint density at radius 3 is 2.91 bits per heavy atom. The molecular weight excluding hydrogens is 278 g/mol. The molecule has 0 amide bonds. The van der Waals surface area contributed by atoms with Crippen molar-refractivity contribution in [1.82, 2.24) is 14.9 Å². The first-order valence-electron chi connectivity index (χ1n) is 7.52. The van der Waals surface area contributed by atoms with Gasteiger partial charge >= 0.3 is 5.97 Å². The minimum Gasteiger partial charge on any atom is -0.478 e. The number of carboxylic acids is 1. The molecule has 0 radical (unpaired) electrons. The van der Waals surface area contributed by atoms with Crippen LogP contribution in [0.2, 0.25) is 0 Å². The van der Waals surface area contributed by atoms with Gasteiger partial charge in [-0.25, -0.2) is 14.8 Å². The molecule has 5 nitrogen and oxygen atoms in total. The second-order valence-corrected chi connectivity index (χ2v) is 5.75. The van der Waals surface area contributed by atoms with E-state index in [9.17, 15) is 4.79 Å². The van der Waals surface area contributed by atoms with E-state index in [2.05, 4.69) is 14.9 Å². The van der Waals surface area contributed by atoms with Gasteiger partial charge in [-0.3, -0.25) is 4.90 Å². The number of aromatic carboxylic acids is 1. The zero-order chi connectivity index (χ0) is 15.4. The SMILES string of the molecule is O=C(O)c1cccc([C@H]2CCCN(Cc3cncnc3)C2)c1. The van der Waals surface area contributed by atoms with Crippen molar-refractivity contribution < 1.29 is 9.90 Å². The van der Waals surface area contributed by atoms with Crippen LogP contribution in [0.1, 0.15) is 40.2 Å². The zero-order valence-corrected chi connectivity index (χ0v) is 12.4. The second-order valence-electron chi connectivity index (χ2n) is 5.75. The Labute approximate surface area is 129 Å². The molecule has 2 aromatic rings. The summed E-state index contributed by atoms with van der Waals surface area (Å²) in [7, 11) is 0. The Balaban J connectivity index is 1.70. The summed E-state index contributed by atoms with van der Waals surface area (Å²) >= 11 is 0. The molecule has 0 spiro atoms. The topological polar surface area (TPSA) is 66.3 Å². The summed E-state index contributed by atoms with van der Waals surface area (Å²) < 4.78 is 0. The zero-order valence-electron chi connectivity index (χ0n) is 12.4. The van der Waals surface area contributed by atoms with Crippen molar-refractivity contribution in [2.75, 3.05) is 13.1 Å². The standard InChI is InChI=1S/C17H19N3O2/c21-17(22)15-4-1-3-14(7-15)16-5-2-6-20(11-16)10-13-8-18-12-19-9-13/h1,3-4,7-9,12,16H,2,5-6,10-11H2,(H,21,22)/t16-/m0/s1. The van der Waals surface area contributed by atoms with Crippen LogP contribution in [0.4, 0.5) is 0 Å². The fourth-order valence-electron chi connectivity index (χ4n) is 3.07. The van der Waals surface area contributed by atoms with Crippen LogP contribution in [-0.4, -0.2) is 39.0 Å².